The van der Waals surface area contributed by atoms with E-state index in [-0.39, 0.29) is 12.1 Å². The second-order valence-electron chi connectivity index (χ2n) is 6.99. The van der Waals surface area contributed by atoms with Crippen LogP contribution in [0, 0.1) is 0 Å². The van der Waals surface area contributed by atoms with Gasteiger partial charge in [-0.1, -0.05) is 55.3 Å². The van der Waals surface area contributed by atoms with Gasteiger partial charge < -0.3 is 9.84 Å². The first-order valence-corrected chi connectivity index (χ1v) is 9.78. The van der Waals surface area contributed by atoms with Crippen LogP contribution in [0.4, 0.5) is 4.79 Å². The van der Waals surface area contributed by atoms with Crippen LogP contribution >= 0.6 is 0 Å². The van der Waals surface area contributed by atoms with Crippen molar-refractivity contribution in [2.24, 2.45) is 0 Å². The molecular weight excluding hydrogens is 358 g/mol. The highest BCUT2D eigenvalue weighted by Gasteiger charge is 2.30. The Morgan fingerprint density at radius 1 is 1.25 bits per heavy atom. The summed E-state index contributed by atoms with van der Waals surface area (Å²) in [7, 11) is 0. The number of H-pyrrole nitrogens is 1. The van der Waals surface area contributed by atoms with Crippen LogP contribution in [0.15, 0.2) is 42.5 Å². The number of amides is 1. The highest BCUT2D eigenvalue weighted by atomic mass is 16.6. The number of aryl methyl sites for hydroxylation is 1. The normalized spacial score (nSPS) is 18.0. The van der Waals surface area contributed by atoms with Crippen molar-refractivity contribution in [2.45, 2.75) is 50.7 Å². The Hall–Kier alpha value is -2.74. The van der Waals surface area contributed by atoms with Crippen LogP contribution < -0.4 is 0 Å². The number of tetrazole rings is 1. The molecule has 2 heterocycles. The first-order chi connectivity index (χ1) is 13.7. The molecule has 2 atom stereocenters. The molecule has 1 saturated heterocycles. The molecule has 1 fully saturated rings. The van der Waals surface area contributed by atoms with Gasteiger partial charge in [-0.05, 0) is 28.8 Å². The average Bonchev–Trinajstić information content (AvgIpc) is 3.34. The van der Waals surface area contributed by atoms with Gasteiger partial charge >= 0.3 is 6.09 Å². The predicted molar refractivity (Wildman–Crippen MR) is 103 cm³/mol. The predicted octanol–water partition coefficient (Wildman–Crippen LogP) is 2.28. The number of aromatic amines is 1. The molecule has 1 aromatic heterocycles. The molecule has 0 aliphatic carbocycles. The van der Waals surface area contributed by atoms with E-state index >= 15 is 0 Å². The highest BCUT2D eigenvalue weighted by Crippen LogP contribution is 2.16. The molecule has 1 aromatic carbocycles. The summed E-state index contributed by atoms with van der Waals surface area (Å²) in [6.45, 7) is 0.998. The SMILES string of the molecule is O=C1OCC(/C=C/C(O)Cc2ccccc2)N1CCCCCCc1nnn[nH]1. The monoisotopic (exact) mass is 385 g/mol. The fourth-order valence-corrected chi connectivity index (χ4v) is 3.27. The molecule has 0 saturated carbocycles. The van der Waals surface area contributed by atoms with Gasteiger partial charge in [-0.15, -0.1) is 5.10 Å². The Morgan fingerprint density at radius 3 is 2.86 bits per heavy atom. The smallest absolute Gasteiger partial charge is 0.410 e. The maximum absolute atomic E-state index is 12.0. The largest absolute Gasteiger partial charge is 0.447 e. The minimum Gasteiger partial charge on any atom is -0.447 e. The standard InChI is InChI=1S/C20H27N5O3/c26-18(14-16-8-4-3-5-9-16)12-11-17-15-28-20(27)25(17)13-7-2-1-6-10-19-21-23-24-22-19/h3-5,8-9,11-12,17-18,26H,1-2,6-7,10,13-15H2,(H,21,22,23,24)/b12-11+. The molecule has 8 heteroatoms. The number of aromatic nitrogens is 4. The van der Waals surface area contributed by atoms with Crippen molar-refractivity contribution < 1.29 is 14.6 Å². The van der Waals surface area contributed by atoms with Crippen LogP contribution in [0.3, 0.4) is 0 Å². The minimum absolute atomic E-state index is 0.113. The zero-order valence-corrected chi connectivity index (χ0v) is 15.9. The summed E-state index contributed by atoms with van der Waals surface area (Å²) < 4.78 is 5.18. The van der Waals surface area contributed by atoms with Crippen molar-refractivity contribution in [3.05, 3.63) is 53.9 Å². The summed E-state index contributed by atoms with van der Waals surface area (Å²) in [5.41, 5.74) is 1.08. The zero-order chi connectivity index (χ0) is 19.6. The van der Waals surface area contributed by atoms with Crippen molar-refractivity contribution >= 4 is 6.09 Å². The van der Waals surface area contributed by atoms with Crippen molar-refractivity contribution in [3.63, 3.8) is 0 Å². The number of rotatable bonds is 11. The second-order valence-corrected chi connectivity index (χ2v) is 6.99. The third-order valence-electron chi connectivity index (χ3n) is 4.81. The van der Waals surface area contributed by atoms with E-state index in [1.165, 1.54) is 0 Å². The molecular formula is C20H27N5O3. The number of aliphatic hydroxyl groups excluding tert-OH is 1. The quantitative estimate of drug-likeness (QED) is 0.454. The number of aliphatic hydroxyl groups is 1. The van der Waals surface area contributed by atoms with E-state index in [4.69, 9.17) is 4.74 Å². The van der Waals surface area contributed by atoms with Gasteiger partial charge in [0.25, 0.3) is 0 Å². The fourth-order valence-electron chi connectivity index (χ4n) is 3.27. The molecule has 0 bridgehead atoms. The van der Waals surface area contributed by atoms with E-state index in [1.54, 1.807) is 11.0 Å². The van der Waals surface area contributed by atoms with Crippen LogP contribution in [-0.2, 0) is 17.6 Å². The molecule has 0 radical (unpaired) electrons. The van der Waals surface area contributed by atoms with Crippen LogP contribution in [0.2, 0.25) is 0 Å². The van der Waals surface area contributed by atoms with Crippen molar-refractivity contribution in [1.29, 1.82) is 0 Å². The Balaban J connectivity index is 1.37. The summed E-state index contributed by atoms with van der Waals surface area (Å²) in [4.78, 5) is 13.7. The van der Waals surface area contributed by atoms with Gasteiger partial charge in [0.05, 0.1) is 12.1 Å². The molecule has 0 spiro atoms. The molecule has 1 aliphatic heterocycles. The lowest BCUT2D eigenvalue weighted by Gasteiger charge is -2.19. The van der Waals surface area contributed by atoms with Gasteiger partial charge in [-0.3, -0.25) is 4.90 Å². The van der Waals surface area contributed by atoms with Crippen LogP contribution in [-0.4, -0.2) is 62.0 Å². The Bertz CT molecular complexity index is 736. The van der Waals surface area contributed by atoms with Gasteiger partial charge in [0.2, 0.25) is 0 Å². The Kier molecular flexibility index (Phi) is 7.54. The van der Waals surface area contributed by atoms with E-state index in [1.807, 2.05) is 36.4 Å². The second kappa shape index (κ2) is 10.6. The average molecular weight is 385 g/mol. The van der Waals surface area contributed by atoms with Crippen LogP contribution in [0.1, 0.15) is 37.1 Å². The van der Waals surface area contributed by atoms with Gasteiger partial charge in [0.1, 0.15) is 12.4 Å². The summed E-state index contributed by atoms with van der Waals surface area (Å²) >= 11 is 0. The Labute approximate surface area is 164 Å². The molecule has 8 nitrogen and oxygen atoms in total. The van der Waals surface area contributed by atoms with E-state index in [0.717, 1.165) is 43.5 Å². The molecule has 150 valence electrons. The maximum atomic E-state index is 12.0. The van der Waals surface area contributed by atoms with Crippen molar-refractivity contribution in [3.8, 4) is 0 Å². The van der Waals surface area contributed by atoms with Gasteiger partial charge in [-0.25, -0.2) is 9.89 Å². The molecule has 2 aromatic rings. The lowest BCUT2D eigenvalue weighted by Crippen LogP contribution is -2.33. The van der Waals surface area contributed by atoms with Gasteiger partial charge in [-0.2, -0.15) is 0 Å². The van der Waals surface area contributed by atoms with E-state index < -0.39 is 6.10 Å². The Morgan fingerprint density at radius 2 is 2.07 bits per heavy atom. The number of benzene rings is 1. The number of carbonyl (C=O) groups excluding carboxylic acids is 1. The summed E-state index contributed by atoms with van der Waals surface area (Å²) in [6, 6.07) is 9.74. The molecule has 2 unspecified atom stereocenters. The third kappa shape index (κ3) is 6.16. The number of carbonyl (C=O) groups is 1. The molecule has 3 rings (SSSR count). The lowest BCUT2D eigenvalue weighted by atomic mass is 10.1. The third-order valence-corrected chi connectivity index (χ3v) is 4.81. The van der Waals surface area contributed by atoms with Crippen LogP contribution in [0.25, 0.3) is 0 Å². The van der Waals surface area contributed by atoms with Crippen LogP contribution in [0.5, 0.6) is 0 Å². The number of cyclic esters (lactones) is 1. The number of unbranched alkanes of at least 4 members (excludes halogenated alkanes) is 3. The minimum atomic E-state index is -0.578. The number of nitrogens with zero attached hydrogens (tertiary/aromatic N) is 4. The van der Waals surface area contributed by atoms with Gasteiger partial charge in [0.15, 0.2) is 0 Å². The highest BCUT2D eigenvalue weighted by molar-refractivity contribution is 5.70. The molecule has 28 heavy (non-hydrogen) atoms. The number of nitrogens with one attached hydrogen (secondary N) is 1. The lowest BCUT2D eigenvalue weighted by molar-refractivity contribution is 0.157. The number of hydrogen-bond acceptors (Lipinski definition) is 6. The van der Waals surface area contributed by atoms with Crippen molar-refractivity contribution in [1.82, 2.24) is 25.5 Å². The fraction of sp³-hybridized carbons (Fsp3) is 0.500. The number of ether oxygens (including phenoxy) is 1. The first-order valence-electron chi connectivity index (χ1n) is 9.78. The summed E-state index contributed by atoms with van der Waals surface area (Å²) in [6.07, 6.45) is 8.19. The summed E-state index contributed by atoms with van der Waals surface area (Å²) in [5.74, 6) is 0.808. The van der Waals surface area contributed by atoms with Crippen molar-refractivity contribution in [2.75, 3.05) is 13.2 Å². The number of hydrogen-bond donors (Lipinski definition) is 2. The first kappa shape index (κ1) is 20.0. The summed E-state index contributed by atoms with van der Waals surface area (Å²) in [5, 5.41) is 23.9. The van der Waals surface area contributed by atoms with E-state index in [9.17, 15) is 9.90 Å². The topological polar surface area (TPSA) is 104 Å². The maximum Gasteiger partial charge on any atom is 0.410 e. The van der Waals surface area contributed by atoms with E-state index in [0.29, 0.717) is 19.6 Å². The molecule has 1 amide bonds. The molecule has 1 aliphatic rings. The zero-order valence-electron chi connectivity index (χ0n) is 15.9. The van der Waals surface area contributed by atoms with Gasteiger partial charge in [0, 0.05) is 19.4 Å². The van der Waals surface area contributed by atoms with E-state index in [2.05, 4.69) is 20.6 Å². The molecule has 2 N–H and O–H groups in total.